The van der Waals surface area contributed by atoms with Crippen LogP contribution in [-0.2, 0) is 9.53 Å². The third kappa shape index (κ3) is 3.84. The zero-order chi connectivity index (χ0) is 19.7. The number of hydrogen-bond donors (Lipinski definition) is 5. The maximum Gasteiger partial charge on any atom is 0.167 e. The van der Waals surface area contributed by atoms with Crippen LogP contribution in [0.5, 0.6) is 0 Å². The summed E-state index contributed by atoms with van der Waals surface area (Å²) in [6, 6.07) is -0.999. The van der Waals surface area contributed by atoms with Crippen LogP contribution >= 0.6 is 0 Å². The van der Waals surface area contributed by atoms with Gasteiger partial charge in [0.25, 0.3) is 0 Å². The molecule has 6 atom stereocenters. The number of quaternary nitrogens is 2. The van der Waals surface area contributed by atoms with Gasteiger partial charge in [-0.15, -0.1) is 0 Å². The fourth-order valence-electron chi connectivity index (χ4n) is 3.21. The summed E-state index contributed by atoms with van der Waals surface area (Å²) in [4.78, 5) is 22.8. The van der Waals surface area contributed by atoms with E-state index in [2.05, 4.69) is 26.4 Å². The second-order valence-electron chi connectivity index (χ2n) is 6.82. The first-order valence-electron chi connectivity index (χ1n) is 8.61. The molecule has 1 aliphatic rings. The van der Waals surface area contributed by atoms with E-state index in [-0.39, 0.29) is 11.9 Å². The number of fused-ring (bicyclic) bond motifs is 1. The van der Waals surface area contributed by atoms with Gasteiger partial charge in [-0.2, -0.15) is 0 Å². The molecule has 1 fully saturated rings. The number of carbonyl (C=O) groups excluding carboxylic acids is 1. The van der Waals surface area contributed by atoms with E-state index in [1.165, 1.54) is 17.2 Å². The summed E-state index contributed by atoms with van der Waals surface area (Å²) in [5, 5.41) is 31.5. The molecule has 0 radical (unpaired) electrons. The van der Waals surface area contributed by atoms with Crippen molar-refractivity contribution in [1.82, 2.24) is 19.5 Å². The number of nitrogens with two attached hydrogens (primary N) is 1. The van der Waals surface area contributed by atoms with Crippen LogP contribution in [-0.4, -0.2) is 66.1 Å². The predicted octanol–water partition coefficient (Wildman–Crippen LogP) is -4.83. The number of aliphatic hydroxyl groups is 2. The minimum atomic E-state index is -1.21. The molecule has 12 heteroatoms. The van der Waals surface area contributed by atoms with E-state index in [1.54, 1.807) is 0 Å². The highest BCUT2D eigenvalue weighted by Gasteiger charge is 2.45. The van der Waals surface area contributed by atoms with Crippen molar-refractivity contribution in [1.29, 1.82) is 0 Å². The zero-order valence-corrected chi connectivity index (χ0v) is 14.6. The average molecular weight is 382 g/mol. The summed E-state index contributed by atoms with van der Waals surface area (Å²) in [5.74, 6) is -1.00. The highest BCUT2D eigenvalue weighted by molar-refractivity contribution is 5.81. The Morgan fingerprint density at radius 1 is 1.30 bits per heavy atom. The molecule has 0 bridgehead atoms. The largest absolute Gasteiger partial charge is 0.544 e. The summed E-state index contributed by atoms with van der Waals surface area (Å²) >= 11 is 0. The molecule has 2 aromatic heterocycles. The molecule has 148 valence electrons. The number of nitrogen functional groups attached to an aromatic ring is 1. The maximum atomic E-state index is 10.7. The van der Waals surface area contributed by atoms with E-state index in [9.17, 15) is 20.1 Å². The van der Waals surface area contributed by atoms with Crippen LogP contribution in [0, 0.1) is 0 Å². The lowest BCUT2D eigenvalue weighted by Crippen LogP contribution is -2.69. The quantitative estimate of drug-likeness (QED) is 0.310. The van der Waals surface area contributed by atoms with E-state index in [0.717, 1.165) is 0 Å². The maximum absolute atomic E-state index is 10.7. The number of carboxylic acid groups (broad SMARTS) is 1. The number of carboxylic acids is 1. The van der Waals surface area contributed by atoms with Crippen molar-refractivity contribution in [3.8, 4) is 0 Å². The Hall–Kier alpha value is -2.38. The number of nitrogens with zero attached hydrogens (tertiary/aromatic N) is 4. The summed E-state index contributed by atoms with van der Waals surface area (Å²) < 4.78 is 7.34. The SMILES string of the molecule is Nc1ncnc2c1ncn2C1O[C@H](C[C@@H]([NH3+])CC[C@H]([NH3+])C(=O)[O-])[C@@H](O)[C@H]1O. The number of imidazole rings is 1. The van der Waals surface area contributed by atoms with Crippen LogP contribution in [0.1, 0.15) is 25.5 Å². The summed E-state index contributed by atoms with van der Waals surface area (Å²) in [5.41, 5.74) is 14.0. The zero-order valence-electron chi connectivity index (χ0n) is 14.6. The van der Waals surface area contributed by atoms with Crippen molar-refractivity contribution in [3.05, 3.63) is 12.7 Å². The van der Waals surface area contributed by atoms with Crippen LogP contribution < -0.4 is 22.3 Å². The first-order chi connectivity index (χ1) is 12.8. The van der Waals surface area contributed by atoms with E-state index in [0.29, 0.717) is 30.4 Å². The van der Waals surface area contributed by atoms with E-state index in [4.69, 9.17) is 10.5 Å². The molecular weight excluding hydrogens is 358 g/mol. The van der Waals surface area contributed by atoms with Gasteiger partial charge in [0.2, 0.25) is 0 Å². The summed E-state index contributed by atoms with van der Waals surface area (Å²) in [6.45, 7) is 0. The van der Waals surface area contributed by atoms with Crippen molar-refractivity contribution < 1.29 is 36.3 Å². The van der Waals surface area contributed by atoms with Crippen molar-refractivity contribution in [3.63, 3.8) is 0 Å². The molecule has 0 aliphatic carbocycles. The van der Waals surface area contributed by atoms with Gasteiger partial charge in [0.05, 0.1) is 24.4 Å². The Balaban J connectivity index is 1.68. The molecule has 0 spiro atoms. The Bertz CT molecular complexity index is 815. The molecule has 10 N–H and O–H groups in total. The van der Waals surface area contributed by atoms with Gasteiger partial charge in [-0.25, -0.2) is 15.0 Å². The molecule has 2 aromatic rings. The molecule has 0 amide bonds. The Morgan fingerprint density at radius 3 is 2.74 bits per heavy atom. The minimum absolute atomic E-state index is 0.184. The number of aliphatic hydroxyl groups excluding tert-OH is 2. The van der Waals surface area contributed by atoms with E-state index < -0.39 is 36.6 Å². The fourth-order valence-corrected chi connectivity index (χ4v) is 3.21. The predicted molar refractivity (Wildman–Crippen MR) is 87.9 cm³/mol. The van der Waals surface area contributed by atoms with Gasteiger partial charge in [-0.1, -0.05) is 0 Å². The Labute approximate surface area is 154 Å². The molecule has 3 heterocycles. The lowest BCUT2D eigenvalue weighted by molar-refractivity contribution is -0.450. The molecule has 0 saturated carbocycles. The monoisotopic (exact) mass is 382 g/mol. The van der Waals surface area contributed by atoms with E-state index in [1.807, 2.05) is 0 Å². The van der Waals surface area contributed by atoms with Gasteiger partial charge in [-0.05, 0) is 0 Å². The Kier molecular flexibility index (Phi) is 5.53. The number of hydrogen-bond acceptors (Lipinski definition) is 9. The normalized spacial score (nSPS) is 27.7. The van der Waals surface area contributed by atoms with Gasteiger partial charge in [-0.3, -0.25) is 4.57 Å². The van der Waals surface area contributed by atoms with Crippen molar-refractivity contribution >= 4 is 23.0 Å². The molecular formula is C15H24N7O5+. The molecule has 1 unspecified atom stereocenters. The summed E-state index contributed by atoms with van der Waals surface area (Å²) in [7, 11) is 0. The van der Waals surface area contributed by atoms with Crippen LogP contribution in [0.15, 0.2) is 12.7 Å². The topological polar surface area (TPSA) is 215 Å². The van der Waals surface area contributed by atoms with Crippen molar-refractivity contribution in [2.24, 2.45) is 0 Å². The van der Waals surface area contributed by atoms with Gasteiger partial charge >= 0.3 is 0 Å². The number of ether oxygens (including phenoxy) is 1. The van der Waals surface area contributed by atoms with Crippen LogP contribution in [0.2, 0.25) is 0 Å². The van der Waals surface area contributed by atoms with Crippen molar-refractivity contribution in [2.75, 3.05) is 5.73 Å². The van der Waals surface area contributed by atoms with Gasteiger partial charge in [0.15, 0.2) is 17.7 Å². The Morgan fingerprint density at radius 2 is 2.04 bits per heavy atom. The highest BCUT2D eigenvalue weighted by Crippen LogP contribution is 2.33. The molecule has 0 aromatic carbocycles. The molecule has 1 aliphatic heterocycles. The lowest BCUT2D eigenvalue weighted by Gasteiger charge is -2.18. The minimum Gasteiger partial charge on any atom is -0.544 e. The third-order valence-corrected chi connectivity index (χ3v) is 4.82. The second kappa shape index (κ2) is 7.70. The third-order valence-electron chi connectivity index (χ3n) is 4.82. The van der Waals surface area contributed by atoms with Crippen LogP contribution in [0.25, 0.3) is 11.2 Å². The van der Waals surface area contributed by atoms with E-state index >= 15 is 0 Å². The number of rotatable bonds is 7. The molecule has 3 rings (SSSR count). The first-order valence-corrected chi connectivity index (χ1v) is 8.61. The molecule has 27 heavy (non-hydrogen) atoms. The highest BCUT2D eigenvalue weighted by atomic mass is 16.6. The first kappa shape index (κ1) is 19.4. The van der Waals surface area contributed by atoms with Crippen LogP contribution in [0.4, 0.5) is 5.82 Å². The van der Waals surface area contributed by atoms with Gasteiger partial charge in [0.1, 0.15) is 30.1 Å². The number of aliphatic carboxylic acids is 1. The summed E-state index contributed by atoms with van der Waals surface area (Å²) in [6.07, 6.45) is -0.0427. The van der Waals surface area contributed by atoms with Gasteiger partial charge < -0.3 is 42.1 Å². The average Bonchev–Trinajstić information content (AvgIpc) is 3.17. The fraction of sp³-hybridized carbons (Fsp3) is 0.600. The second-order valence-corrected chi connectivity index (χ2v) is 6.82. The molecule has 12 nitrogen and oxygen atoms in total. The van der Waals surface area contributed by atoms with Crippen molar-refractivity contribution in [2.45, 2.75) is 55.9 Å². The number of aromatic nitrogens is 4. The smallest absolute Gasteiger partial charge is 0.167 e. The molecule has 1 saturated heterocycles. The number of anilines is 1. The van der Waals surface area contributed by atoms with Gasteiger partial charge in [0, 0.05) is 19.3 Å². The lowest BCUT2D eigenvalue weighted by atomic mass is 9.98. The standard InChI is InChI=1S/C15H23N7O5/c16-6(1-2-7(17)15(25)26)3-8-10(23)11(24)14(27-8)22-5-21-9-12(18)19-4-20-13(9)22/h4-8,10-11,14,23-24H,1-3,16-17H2,(H,25,26)(H2,18,19,20)/p+1/t6-,7-,8+,10+,11+,14?/m0/s1. The number of carbonyl (C=O) groups is 1. The van der Waals surface area contributed by atoms with Crippen LogP contribution in [0.3, 0.4) is 0 Å².